The number of para-hydroxylation sites is 2. The predicted molar refractivity (Wildman–Crippen MR) is 258 cm³/mol. The van der Waals surface area contributed by atoms with Crippen LogP contribution in [0.4, 0.5) is 4.39 Å². The van der Waals surface area contributed by atoms with Gasteiger partial charge in [-0.25, -0.2) is 4.39 Å². The fourth-order valence-corrected chi connectivity index (χ4v) is 10.1. The van der Waals surface area contributed by atoms with Crippen LogP contribution < -0.4 is 4.40 Å². The SMILES string of the molecule is Fc1ccc(-c2c[c-]c(-c3nc4ccccc4n3-c3ccc(-c4ccccc4)cc3)c3oc4cc(-c5ccccc5)cnc4c23)cc1.[CH3][Ge]([CH3])([CH3])[c]1ccc(-c2[c-]cccc2)nc1.[Ir]. The van der Waals surface area contributed by atoms with E-state index in [1.54, 1.807) is 12.1 Å². The van der Waals surface area contributed by atoms with Crippen molar-refractivity contribution in [1.29, 1.82) is 0 Å². The van der Waals surface area contributed by atoms with Crippen LogP contribution in [0.1, 0.15) is 0 Å². The largest absolute Gasteiger partial charge is 0 e. The summed E-state index contributed by atoms with van der Waals surface area (Å²) in [6.45, 7) is 0. The Morgan fingerprint density at radius 2 is 1.27 bits per heavy atom. The van der Waals surface area contributed by atoms with Crippen LogP contribution in [0.5, 0.6) is 0 Å². The number of benzene rings is 7. The molecule has 0 aliphatic heterocycles. The summed E-state index contributed by atoms with van der Waals surface area (Å²) in [5.41, 5.74) is 13.6. The molecule has 1 radical (unpaired) electrons. The summed E-state index contributed by atoms with van der Waals surface area (Å²) >= 11 is -1.72. The molecular weight excluding hydrogens is 1030 g/mol. The summed E-state index contributed by atoms with van der Waals surface area (Å²) in [5, 5.41) is 0.831. The molecule has 0 aliphatic rings. The molecule has 5 nitrogen and oxygen atoms in total. The fourth-order valence-electron chi connectivity index (χ4n) is 7.94. The molecule has 11 aromatic rings. The van der Waals surface area contributed by atoms with E-state index in [1.807, 2.05) is 103 Å². The minimum Gasteiger partial charge on any atom is 0 e. The zero-order valence-corrected chi connectivity index (χ0v) is 39.9. The van der Waals surface area contributed by atoms with Gasteiger partial charge in [0.05, 0.1) is 28.0 Å². The first-order valence-corrected chi connectivity index (χ1v) is 28.3. The number of furan rings is 1. The van der Waals surface area contributed by atoms with E-state index in [2.05, 4.69) is 106 Å². The molecule has 0 unspecified atom stereocenters. The van der Waals surface area contributed by atoms with Crippen molar-refractivity contribution in [2.75, 3.05) is 0 Å². The first-order valence-electron chi connectivity index (χ1n) is 20.9. The monoisotopic (exact) mass is 1070 g/mol. The quantitative estimate of drug-likeness (QED) is 0.118. The van der Waals surface area contributed by atoms with Gasteiger partial charge in [0.15, 0.2) is 0 Å². The zero-order valence-electron chi connectivity index (χ0n) is 35.4. The maximum Gasteiger partial charge on any atom is 0 e. The van der Waals surface area contributed by atoms with E-state index in [4.69, 9.17) is 14.4 Å². The number of fused-ring (bicyclic) bond motifs is 4. The molecule has 0 amide bonds. The van der Waals surface area contributed by atoms with Gasteiger partial charge in [0, 0.05) is 37.6 Å². The summed E-state index contributed by atoms with van der Waals surface area (Å²) in [7, 11) is 0. The molecule has 0 saturated heterocycles. The van der Waals surface area contributed by atoms with Gasteiger partial charge in [-0.1, -0.05) is 114 Å². The number of nitrogens with zero attached hydrogens (tertiary/aromatic N) is 4. The molecule has 7 aromatic carbocycles. The van der Waals surface area contributed by atoms with E-state index in [-0.39, 0.29) is 25.9 Å². The number of aromatic nitrogens is 4. The zero-order chi connectivity index (χ0) is 42.9. The van der Waals surface area contributed by atoms with Crippen molar-refractivity contribution in [3.8, 4) is 61.7 Å². The average Bonchev–Trinajstić information content (AvgIpc) is 3.92. The number of halogens is 1. The minimum atomic E-state index is -1.72. The topological polar surface area (TPSA) is 56.7 Å². The third kappa shape index (κ3) is 8.50. The molecule has 64 heavy (non-hydrogen) atoms. The van der Waals surface area contributed by atoms with Gasteiger partial charge in [-0.05, 0) is 64.5 Å². The number of imidazole rings is 1. The maximum atomic E-state index is 14.0. The Hall–Kier alpha value is -6.77. The third-order valence-electron chi connectivity index (χ3n) is 11.3. The van der Waals surface area contributed by atoms with Crippen LogP contribution >= 0.6 is 0 Å². The van der Waals surface area contributed by atoms with Crippen molar-refractivity contribution in [2.24, 2.45) is 0 Å². The van der Waals surface area contributed by atoms with Crippen LogP contribution in [0.15, 0.2) is 199 Å². The van der Waals surface area contributed by atoms with Gasteiger partial charge in [0.25, 0.3) is 0 Å². The van der Waals surface area contributed by atoms with E-state index in [9.17, 15) is 4.39 Å². The van der Waals surface area contributed by atoms with Crippen LogP contribution in [0, 0.1) is 17.9 Å². The summed E-state index contributed by atoms with van der Waals surface area (Å²) in [5.74, 6) is 7.55. The molecule has 313 valence electrons. The third-order valence-corrected chi connectivity index (χ3v) is 15.5. The van der Waals surface area contributed by atoms with Crippen molar-refractivity contribution in [3.05, 3.63) is 212 Å². The second kappa shape index (κ2) is 18.1. The first kappa shape index (κ1) is 42.5. The number of pyridine rings is 2. The summed E-state index contributed by atoms with van der Waals surface area (Å²) in [6, 6.07) is 66.6. The Labute approximate surface area is 388 Å². The predicted octanol–water partition coefficient (Wildman–Crippen LogP) is 14.0. The molecule has 4 heterocycles. The molecule has 0 N–H and O–H groups in total. The maximum absolute atomic E-state index is 14.0. The van der Waals surface area contributed by atoms with Gasteiger partial charge in [-0.15, -0.1) is 12.1 Å². The van der Waals surface area contributed by atoms with E-state index < -0.39 is 13.3 Å². The molecule has 0 aliphatic carbocycles. The van der Waals surface area contributed by atoms with Gasteiger partial charge in [0.1, 0.15) is 11.4 Å². The van der Waals surface area contributed by atoms with E-state index in [0.29, 0.717) is 22.6 Å². The minimum absolute atomic E-state index is 0. The number of hydrogen-bond donors (Lipinski definition) is 0. The van der Waals surface area contributed by atoms with Crippen LogP contribution in [-0.4, -0.2) is 32.8 Å². The molecule has 0 atom stereocenters. The molecule has 8 heteroatoms. The molecule has 0 bridgehead atoms. The Morgan fingerprint density at radius 1 is 0.609 bits per heavy atom. The van der Waals surface area contributed by atoms with Crippen molar-refractivity contribution in [2.45, 2.75) is 17.3 Å². The second-order valence-corrected chi connectivity index (χ2v) is 27.1. The van der Waals surface area contributed by atoms with Crippen LogP contribution in [0.25, 0.3) is 94.8 Å². The summed E-state index contributed by atoms with van der Waals surface area (Å²) in [4.78, 5) is 14.6. The van der Waals surface area contributed by atoms with E-state index >= 15 is 0 Å². The van der Waals surface area contributed by atoms with Gasteiger partial charge < -0.3 is 8.98 Å². The van der Waals surface area contributed by atoms with Crippen molar-refractivity contribution in [1.82, 2.24) is 19.5 Å². The van der Waals surface area contributed by atoms with Crippen LogP contribution in [0.3, 0.4) is 0 Å². The van der Waals surface area contributed by atoms with Gasteiger partial charge in [0.2, 0.25) is 0 Å². The Kier molecular flexibility index (Phi) is 12.1. The molecule has 11 rings (SSSR count). The Morgan fingerprint density at radius 3 is 1.94 bits per heavy atom. The second-order valence-electron chi connectivity index (χ2n) is 16.5. The Bertz CT molecular complexity index is 3350. The molecule has 0 fully saturated rings. The van der Waals surface area contributed by atoms with E-state index in [0.717, 1.165) is 72.3 Å². The van der Waals surface area contributed by atoms with Crippen molar-refractivity contribution < 1.29 is 28.9 Å². The van der Waals surface area contributed by atoms with Crippen LogP contribution in [0.2, 0.25) is 17.3 Å². The van der Waals surface area contributed by atoms with Gasteiger partial charge >= 0.3 is 99.8 Å². The van der Waals surface area contributed by atoms with Crippen LogP contribution in [-0.2, 0) is 20.1 Å². The van der Waals surface area contributed by atoms with Gasteiger partial charge in [-0.2, -0.15) is 0 Å². The smallest absolute Gasteiger partial charge is 0 e. The molecule has 0 spiro atoms. The molecule has 4 aromatic heterocycles. The fraction of sp³-hybridized carbons (Fsp3) is 0.0536. The normalized spacial score (nSPS) is 11.3. The standard InChI is InChI=1S/C42H25FN3O.C14H16GeN.Ir/c43-32-19-15-30(16-20-32)34-23-24-35(41-39(34)40-38(47-41)25-31(26-44-40)28-11-5-2-6-12-28)42-45-36-13-7-8-14-37(36)46(42)33-21-17-29(18-22-33)27-9-3-1-4-10-27;1-15(2,3)13-9-10-14(16-11-13)12-7-5-4-6-8-12;/h1-23,25-26H;4-7,9-11H,1-3H3;/q2*-1;. The Balaban J connectivity index is 0.000000258. The first-order chi connectivity index (χ1) is 30.8. The number of rotatable bonds is 7. The summed E-state index contributed by atoms with van der Waals surface area (Å²) in [6.07, 6.45) is 3.91. The molecule has 0 saturated carbocycles. The van der Waals surface area contributed by atoms with Crippen molar-refractivity contribution in [3.63, 3.8) is 0 Å². The average molecular weight is 1070 g/mol. The molecular formula is C56H41FGeIrN4O-2. The van der Waals surface area contributed by atoms with Crippen molar-refractivity contribution >= 4 is 50.8 Å². The van der Waals surface area contributed by atoms with E-state index in [1.165, 1.54) is 16.5 Å². The van der Waals surface area contributed by atoms with Gasteiger partial charge in [-0.3, -0.25) is 9.97 Å². The summed E-state index contributed by atoms with van der Waals surface area (Å²) < 4.78 is 24.3. The number of hydrogen-bond acceptors (Lipinski definition) is 4.